The van der Waals surface area contributed by atoms with Gasteiger partial charge < -0.3 is 5.73 Å². The van der Waals surface area contributed by atoms with Crippen LogP contribution in [0.1, 0.15) is 11.1 Å². The number of benzene rings is 2. The van der Waals surface area contributed by atoms with E-state index in [0.29, 0.717) is 0 Å². The number of nitrogen functional groups attached to an aromatic ring is 1. The maximum atomic E-state index is 5.86. The van der Waals surface area contributed by atoms with E-state index in [9.17, 15) is 0 Å². The molecule has 0 saturated carbocycles. The molecule has 2 aromatic carbocycles. The van der Waals surface area contributed by atoms with Crippen LogP contribution in [0.5, 0.6) is 0 Å². The van der Waals surface area contributed by atoms with E-state index in [4.69, 9.17) is 5.73 Å². The Labute approximate surface area is 115 Å². The molecule has 88 valence electrons. The summed E-state index contributed by atoms with van der Waals surface area (Å²) < 4.78 is 0.960. The number of nitrogens with two attached hydrogens (primary N) is 1. The number of halogens is 1. The average molecular weight is 308 g/mol. The lowest BCUT2D eigenvalue weighted by Gasteiger charge is -2.05. The molecule has 0 atom stereocenters. The summed E-state index contributed by atoms with van der Waals surface area (Å²) in [5, 5.41) is 0. The van der Waals surface area contributed by atoms with Gasteiger partial charge in [0.2, 0.25) is 0 Å². The van der Waals surface area contributed by atoms with Gasteiger partial charge in [-0.3, -0.25) is 0 Å². The van der Waals surface area contributed by atoms with Gasteiger partial charge in [0.05, 0.1) is 0 Å². The summed E-state index contributed by atoms with van der Waals surface area (Å²) in [6.07, 6.45) is 0. The van der Waals surface area contributed by atoms with E-state index in [-0.39, 0.29) is 0 Å². The molecule has 0 aliphatic rings. The van der Waals surface area contributed by atoms with E-state index < -0.39 is 0 Å². The zero-order chi connectivity index (χ0) is 12.3. The fourth-order valence-corrected chi connectivity index (χ4v) is 2.76. The quantitative estimate of drug-likeness (QED) is 0.661. The summed E-state index contributed by atoms with van der Waals surface area (Å²) in [5.41, 5.74) is 9.20. The minimum atomic E-state index is 0.798. The molecule has 0 unspecified atom stereocenters. The van der Waals surface area contributed by atoms with Crippen molar-refractivity contribution in [3.05, 3.63) is 58.1 Å². The zero-order valence-corrected chi connectivity index (χ0v) is 12.0. The first-order valence-corrected chi connectivity index (χ1v) is 7.16. The molecule has 2 N–H and O–H groups in total. The molecule has 17 heavy (non-hydrogen) atoms. The van der Waals surface area contributed by atoms with Crippen molar-refractivity contribution in [2.45, 2.75) is 17.6 Å². The summed E-state index contributed by atoms with van der Waals surface area (Å²) in [5.74, 6) is 0.945. The lowest BCUT2D eigenvalue weighted by molar-refractivity contribution is 1.34. The van der Waals surface area contributed by atoms with Crippen LogP contribution in [0.4, 0.5) is 5.69 Å². The van der Waals surface area contributed by atoms with Crippen LogP contribution in [-0.4, -0.2) is 0 Å². The van der Waals surface area contributed by atoms with Crippen LogP contribution < -0.4 is 5.73 Å². The maximum Gasteiger partial charge on any atom is 0.0461 e. The van der Waals surface area contributed by atoms with Crippen molar-refractivity contribution in [1.82, 2.24) is 0 Å². The third kappa shape index (κ3) is 3.51. The Morgan fingerprint density at radius 3 is 2.71 bits per heavy atom. The molecule has 0 aliphatic heterocycles. The Morgan fingerprint density at radius 2 is 2.00 bits per heavy atom. The third-order valence-electron chi connectivity index (χ3n) is 2.46. The fourth-order valence-electron chi connectivity index (χ4n) is 1.55. The maximum absolute atomic E-state index is 5.86. The van der Waals surface area contributed by atoms with Crippen LogP contribution in [0, 0.1) is 6.92 Å². The minimum absolute atomic E-state index is 0.798. The van der Waals surface area contributed by atoms with Crippen molar-refractivity contribution in [3.8, 4) is 0 Å². The average Bonchev–Trinajstić information content (AvgIpc) is 2.31. The molecule has 0 radical (unpaired) electrons. The Morgan fingerprint density at radius 1 is 1.18 bits per heavy atom. The Bertz CT molecular complexity index is 525. The molecule has 0 aromatic heterocycles. The highest BCUT2D eigenvalue weighted by molar-refractivity contribution is 9.10. The van der Waals surface area contributed by atoms with Crippen molar-refractivity contribution in [3.63, 3.8) is 0 Å². The van der Waals surface area contributed by atoms with Crippen molar-refractivity contribution in [1.29, 1.82) is 0 Å². The highest BCUT2D eigenvalue weighted by Crippen LogP contribution is 2.26. The van der Waals surface area contributed by atoms with Crippen molar-refractivity contribution in [2.24, 2.45) is 0 Å². The number of hydrogen-bond donors (Lipinski definition) is 1. The molecule has 3 heteroatoms. The highest BCUT2D eigenvalue weighted by atomic mass is 79.9. The minimum Gasteiger partial charge on any atom is -0.398 e. The lowest BCUT2D eigenvalue weighted by atomic mass is 10.2. The highest BCUT2D eigenvalue weighted by Gasteiger charge is 2.00. The molecule has 1 nitrogen and oxygen atoms in total. The van der Waals surface area contributed by atoms with Crippen LogP contribution in [0.15, 0.2) is 51.8 Å². The van der Waals surface area contributed by atoms with E-state index in [0.717, 1.165) is 15.9 Å². The van der Waals surface area contributed by atoms with E-state index in [1.54, 1.807) is 0 Å². The Balaban J connectivity index is 2.05. The van der Waals surface area contributed by atoms with Crippen LogP contribution >= 0.6 is 27.7 Å². The normalized spacial score (nSPS) is 10.5. The molecule has 0 amide bonds. The zero-order valence-electron chi connectivity index (χ0n) is 9.61. The first-order valence-electron chi connectivity index (χ1n) is 5.38. The van der Waals surface area contributed by atoms with E-state index in [1.807, 2.05) is 23.9 Å². The molecule has 0 bridgehead atoms. The van der Waals surface area contributed by atoms with Crippen molar-refractivity contribution < 1.29 is 0 Å². The van der Waals surface area contributed by atoms with Crippen molar-refractivity contribution in [2.75, 3.05) is 5.73 Å². The Kier molecular flexibility index (Phi) is 4.13. The van der Waals surface area contributed by atoms with Gasteiger partial charge in [-0.1, -0.05) is 23.8 Å². The third-order valence-corrected chi connectivity index (χ3v) is 4.24. The molecule has 0 aliphatic carbocycles. The van der Waals surface area contributed by atoms with Gasteiger partial charge in [-0.2, -0.15) is 0 Å². The van der Waals surface area contributed by atoms with E-state index >= 15 is 0 Å². The number of aryl methyl sites for hydroxylation is 1. The smallest absolute Gasteiger partial charge is 0.0461 e. The van der Waals surface area contributed by atoms with Gasteiger partial charge in [-0.05, 0) is 52.7 Å². The Hall–Kier alpha value is -0.930. The number of rotatable bonds is 3. The molecular formula is C14H14BrNS. The van der Waals surface area contributed by atoms with Gasteiger partial charge in [-0.15, -0.1) is 11.8 Å². The van der Waals surface area contributed by atoms with Gasteiger partial charge in [0.25, 0.3) is 0 Å². The molecule has 0 saturated heterocycles. The molecular weight excluding hydrogens is 294 g/mol. The van der Waals surface area contributed by atoms with Crippen LogP contribution in [-0.2, 0) is 5.75 Å². The first-order chi connectivity index (χ1) is 8.15. The topological polar surface area (TPSA) is 26.0 Å². The van der Waals surface area contributed by atoms with Crippen LogP contribution in [0.3, 0.4) is 0 Å². The summed E-state index contributed by atoms with van der Waals surface area (Å²) in [7, 11) is 0. The SMILES string of the molecule is Cc1cccc(SCc2ccc(Br)c(N)c2)c1. The van der Waals surface area contributed by atoms with Gasteiger partial charge in [0.1, 0.15) is 0 Å². The molecule has 2 aromatic rings. The van der Waals surface area contributed by atoms with E-state index in [1.165, 1.54) is 16.0 Å². The second-order valence-electron chi connectivity index (χ2n) is 3.96. The van der Waals surface area contributed by atoms with E-state index in [2.05, 4.69) is 53.2 Å². The predicted molar refractivity (Wildman–Crippen MR) is 79.3 cm³/mol. The predicted octanol–water partition coefficient (Wildman–Crippen LogP) is 4.63. The first kappa shape index (κ1) is 12.5. The van der Waals surface area contributed by atoms with Gasteiger partial charge >= 0.3 is 0 Å². The van der Waals surface area contributed by atoms with Crippen molar-refractivity contribution >= 4 is 33.4 Å². The molecule has 0 heterocycles. The summed E-state index contributed by atoms with van der Waals surface area (Å²) >= 11 is 5.23. The largest absolute Gasteiger partial charge is 0.398 e. The van der Waals surface area contributed by atoms with Crippen LogP contribution in [0.2, 0.25) is 0 Å². The summed E-state index contributed by atoms with van der Waals surface area (Å²) in [4.78, 5) is 1.30. The number of anilines is 1. The lowest BCUT2D eigenvalue weighted by Crippen LogP contribution is -1.89. The monoisotopic (exact) mass is 307 g/mol. The fraction of sp³-hybridized carbons (Fsp3) is 0.143. The summed E-state index contributed by atoms with van der Waals surface area (Å²) in [6.45, 7) is 2.11. The van der Waals surface area contributed by atoms with Gasteiger partial charge in [0.15, 0.2) is 0 Å². The second kappa shape index (κ2) is 5.61. The molecule has 2 rings (SSSR count). The molecule has 0 fully saturated rings. The summed E-state index contributed by atoms with van der Waals surface area (Å²) in [6, 6.07) is 14.7. The van der Waals surface area contributed by atoms with Crippen LogP contribution in [0.25, 0.3) is 0 Å². The number of thioether (sulfide) groups is 1. The standard InChI is InChI=1S/C14H14BrNS/c1-10-3-2-4-12(7-10)17-9-11-5-6-13(15)14(16)8-11/h2-8H,9,16H2,1H3. The van der Waals surface area contributed by atoms with Gasteiger partial charge in [-0.25, -0.2) is 0 Å². The second-order valence-corrected chi connectivity index (χ2v) is 5.86. The number of hydrogen-bond acceptors (Lipinski definition) is 2. The molecule has 0 spiro atoms. The van der Waals surface area contributed by atoms with Gasteiger partial charge in [0, 0.05) is 20.8 Å².